The van der Waals surface area contributed by atoms with Crippen LogP contribution in [0.2, 0.25) is 0 Å². The van der Waals surface area contributed by atoms with Crippen molar-refractivity contribution in [3.8, 4) is 0 Å². The van der Waals surface area contributed by atoms with E-state index in [1.165, 1.54) is 5.57 Å². The summed E-state index contributed by atoms with van der Waals surface area (Å²) < 4.78 is 0. The number of hydrogen-bond acceptors (Lipinski definition) is 2. The number of allylic oxidation sites excluding steroid dienone is 5. The molecule has 0 aromatic heterocycles. The summed E-state index contributed by atoms with van der Waals surface area (Å²) >= 11 is 0. The molecule has 1 aliphatic rings. The summed E-state index contributed by atoms with van der Waals surface area (Å²) in [5.74, 6) is 0. The summed E-state index contributed by atoms with van der Waals surface area (Å²) in [6.07, 6.45) is 8.20. The van der Waals surface area contributed by atoms with Gasteiger partial charge >= 0.3 is 0 Å². The van der Waals surface area contributed by atoms with Crippen molar-refractivity contribution in [2.75, 3.05) is 6.67 Å². The third kappa shape index (κ3) is 2.58. The highest BCUT2D eigenvalue weighted by molar-refractivity contribution is 5.85. The highest BCUT2D eigenvalue weighted by Gasteiger charge is 2.04. The van der Waals surface area contributed by atoms with Crippen LogP contribution >= 0.6 is 0 Å². The van der Waals surface area contributed by atoms with E-state index in [1.54, 1.807) is 0 Å². The van der Waals surface area contributed by atoms with Crippen LogP contribution in [0.25, 0.3) is 0 Å². The highest BCUT2D eigenvalue weighted by Crippen LogP contribution is 2.10. The lowest BCUT2D eigenvalue weighted by Crippen LogP contribution is -2.20. The fourth-order valence-electron chi connectivity index (χ4n) is 1.12. The molecule has 0 aliphatic carbocycles. The number of aliphatic imine (C=N–C) groups is 1. The quantitative estimate of drug-likeness (QED) is 0.652. The number of nitrogens with zero attached hydrogens (tertiary/aromatic N) is 1. The van der Waals surface area contributed by atoms with E-state index in [0.717, 1.165) is 11.3 Å². The molecule has 0 amide bonds. The molecular formula is C11H16N2. The molecular weight excluding hydrogens is 160 g/mol. The molecule has 0 aromatic carbocycles. The predicted molar refractivity (Wildman–Crippen MR) is 57.8 cm³/mol. The Labute approximate surface area is 79.8 Å². The van der Waals surface area contributed by atoms with Crippen molar-refractivity contribution >= 4 is 6.21 Å². The van der Waals surface area contributed by atoms with Gasteiger partial charge in [0.05, 0.1) is 0 Å². The van der Waals surface area contributed by atoms with Crippen molar-refractivity contribution in [3.05, 3.63) is 35.1 Å². The normalized spacial score (nSPS) is 23.8. The maximum Gasteiger partial charge on any atom is 0.107 e. The lowest BCUT2D eigenvalue weighted by molar-refractivity contribution is 0.827. The molecule has 0 fully saturated rings. The van der Waals surface area contributed by atoms with Crippen LogP contribution in [0.15, 0.2) is 40.1 Å². The second-order valence-corrected chi connectivity index (χ2v) is 2.98. The van der Waals surface area contributed by atoms with Gasteiger partial charge in [0.2, 0.25) is 0 Å². The zero-order chi connectivity index (χ0) is 9.68. The van der Waals surface area contributed by atoms with Gasteiger partial charge in [-0.1, -0.05) is 17.7 Å². The average molecular weight is 176 g/mol. The first kappa shape index (κ1) is 9.78. The first-order valence-electron chi connectivity index (χ1n) is 4.53. The molecule has 1 N–H and O–H groups in total. The summed E-state index contributed by atoms with van der Waals surface area (Å²) in [5, 5.41) is 3.24. The van der Waals surface area contributed by atoms with Crippen molar-refractivity contribution in [3.63, 3.8) is 0 Å². The van der Waals surface area contributed by atoms with E-state index in [0.29, 0.717) is 6.67 Å². The van der Waals surface area contributed by atoms with Gasteiger partial charge in [0.1, 0.15) is 6.67 Å². The maximum absolute atomic E-state index is 4.15. The minimum absolute atomic E-state index is 0.681. The van der Waals surface area contributed by atoms with Gasteiger partial charge in [0.15, 0.2) is 0 Å². The Morgan fingerprint density at radius 2 is 2.31 bits per heavy atom. The molecule has 0 bridgehead atoms. The lowest BCUT2D eigenvalue weighted by Gasteiger charge is -2.14. The highest BCUT2D eigenvalue weighted by atomic mass is 15.0. The molecule has 0 atom stereocenters. The molecule has 2 heteroatoms. The third-order valence-corrected chi connectivity index (χ3v) is 2.04. The fourth-order valence-corrected chi connectivity index (χ4v) is 1.12. The van der Waals surface area contributed by atoms with Crippen molar-refractivity contribution in [1.82, 2.24) is 5.32 Å². The van der Waals surface area contributed by atoms with Crippen LogP contribution in [0, 0.1) is 0 Å². The minimum Gasteiger partial charge on any atom is -0.366 e. The topological polar surface area (TPSA) is 24.4 Å². The van der Waals surface area contributed by atoms with Crippen molar-refractivity contribution in [1.29, 1.82) is 0 Å². The molecule has 70 valence electrons. The first-order valence-corrected chi connectivity index (χ1v) is 4.53. The van der Waals surface area contributed by atoms with Crippen LogP contribution in [-0.2, 0) is 0 Å². The Morgan fingerprint density at radius 3 is 2.92 bits per heavy atom. The van der Waals surface area contributed by atoms with E-state index < -0.39 is 0 Å². The van der Waals surface area contributed by atoms with Crippen LogP contribution < -0.4 is 5.32 Å². The van der Waals surface area contributed by atoms with Crippen LogP contribution in [-0.4, -0.2) is 12.9 Å². The van der Waals surface area contributed by atoms with Gasteiger partial charge in [0.25, 0.3) is 0 Å². The number of nitrogens with one attached hydrogen (secondary N) is 1. The largest absolute Gasteiger partial charge is 0.366 e. The molecule has 0 saturated heterocycles. The monoisotopic (exact) mass is 176 g/mol. The second kappa shape index (κ2) is 4.65. The molecule has 0 radical (unpaired) electrons. The standard InChI is InChI=1S/C11H16N2/c1-4-9(3)6-11-10(5-2)7-12-8-13-11/h4-7,13H,8H2,1-3H3/b9-4-,10-5-,11-6+. The van der Waals surface area contributed by atoms with E-state index in [1.807, 2.05) is 20.1 Å². The third-order valence-electron chi connectivity index (χ3n) is 2.04. The Kier molecular flexibility index (Phi) is 3.50. The van der Waals surface area contributed by atoms with E-state index in [9.17, 15) is 0 Å². The Bertz CT molecular complexity index is 293. The van der Waals surface area contributed by atoms with Gasteiger partial charge in [-0.2, -0.15) is 0 Å². The van der Waals surface area contributed by atoms with Gasteiger partial charge in [-0.15, -0.1) is 0 Å². The first-order chi connectivity index (χ1) is 6.27. The van der Waals surface area contributed by atoms with E-state index in [4.69, 9.17) is 0 Å². The smallest absolute Gasteiger partial charge is 0.107 e. The zero-order valence-corrected chi connectivity index (χ0v) is 8.46. The van der Waals surface area contributed by atoms with Gasteiger partial charge in [-0.3, -0.25) is 4.99 Å². The summed E-state index contributed by atoms with van der Waals surface area (Å²) in [4.78, 5) is 4.15. The van der Waals surface area contributed by atoms with Gasteiger partial charge in [-0.25, -0.2) is 0 Å². The summed E-state index contributed by atoms with van der Waals surface area (Å²) in [6, 6.07) is 0. The predicted octanol–water partition coefficient (Wildman–Crippen LogP) is 2.41. The van der Waals surface area contributed by atoms with Gasteiger partial charge in [-0.05, 0) is 26.8 Å². The van der Waals surface area contributed by atoms with E-state index >= 15 is 0 Å². The molecule has 1 aliphatic heterocycles. The van der Waals surface area contributed by atoms with Crippen molar-refractivity contribution in [2.24, 2.45) is 4.99 Å². The molecule has 1 rings (SSSR count). The summed E-state index contributed by atoms with van der Waals surface area (Å²) in [7, 11) is 0. The number of rotatable bonds is 1. The lowest BCUT2D eigenvalue weighted by atomic mass is 10.1. The summed E-state index contributed by atoms with van der Waals surface area (Å²) in [5.41, 5.74) is 3.58. The maximum atomic E-state index is 4.15. The summed E-state index contributed by atoms with van der Waals surface area (Å²) in [6.45, 7) is 6.83. The molecule has 0 saturated carbocycles. The molecule has 1 heterocycles. The van der Waals surface area contributed by atoms with Crippen molar-refractivity contribution < 1.29 is 0 Å². The molecule has 13 heavy (non-hydrogen) atoms. The Morgan fingerprint density at radius 1 is 1.54 bits per heavy atom. The van der Waals surface area contributed by atoms with Crippen LogP contribution in [0.1, 0.15) is 20.8 Å². The van der Waals surface area contributed by atoms with E-state index in [2.05, 4.69) is 35.5 Å². The average Bonchev–Trinajstić information content (AvgIpc) is 2.18. The van der Waals surface area contributed by atoms with E-state index in [-0.39, 0.29) is 0 Å². The van der Waals surface area contributed by atoms with Crippen LogP contribution in [0.5, 0.6) is 0 Å². The van der Waals surface area contributed by atoms with Crippen LogP contribution in [0.3, 0.4) is 0 Å². The van der Waals surface area contributed by atoms with Crippen molar-refractivity contribution in [2.45, 2.75) is 20.8 Å². The zero-order valence-electron chi connectivity index (χ0n) is 8.46. The molecule has 2 nitrogen and oxygen atoms in total. The fraction of sp³-hybridized carbons (Fsp3) is 0.364. The second-order valence-electron chi connectivity index (χ2n) is 2.98. The SMILES string of the molecule is C\C=C(C)/C=C1/NCN=C/C1=C/C. The molecule has 0 spiro atoms. The van der Waals surface area contributed by atoms with Crippen LogP contribution in [0.4, 0.5) is 0 Å². The van der Waals surface area contributed by atoms with Gasteiger partial charge in [0, 0.05) is 17.5 Å². The number of hydrogen-bond donors (Lipinski definition) is 1. The molecule has 0 unspecified atom stereocenters. The Hall–Kier alpha value is -1.31. The minimum atomic E-state index is 0.681. The van der Waals surface area contributed by atoms with Gasteiger partial charge < -0.3 is 5.32 Å². The molecule has 0 aromatic rings. The Balaban J connectivity index is 2.91.